The first-order chi connectivity index (χ1) is 8.08. The summed E-state index contributed by atoms with van der Waals surface area (Å²) in [5, 5.41) is 3.70. The number of nitrogens with one attached hydrogen (secondary N) is 1. The van der Waals surface area contributed by atoms with Crippen LogP contribution in [0.25, 0.3) is 0 Å². The van der Waals surface area contributed by atoms with E-state index in [2.05, 4.69) is 73.8 Å². The highest BCUT2D eigenvalue weighted by Crippen LogP contribution is 2.23. The van der Waals surface area contributed by atoms with Gasteiger partial charge in [0.15, 0.2) is 0 Å². The maximum absolute atomic E-state index is 3.70. The van der Waals surface area contributed by atoms with Crippen LogP contribution in [0.3, 0.4) is 0 Å². The molecule has 0 amide bonds. The van der Waals surface area contributed by atoms with Gasteiger partial charge in [-0.25, -0.2) is 0 Å². The van der Waals surface area contributed by atoms with E-state index in [9.17, 15) is 0 Å². The lowest BCUT2D eigenvalue weighted by atomic mass is 9.97. The molecule has 0 spiro atoms. The van der Waals surface area contributed by atoms with Crippen molar-refractivity contribution in [3.63, 3.8) is 0 Å². The quantitative estimate of drug-likeness (QED) is 0.697. The Morgan fingerprint density at radius 3 is 2.53 bits per heavy atom. The minimum Gasteiger partial charge on any atom is -0.382 e. The second-order valence-electron chi connectivity index (χ2n) is 4.91. The molecule has 0 heterocycles. The molecule has 0 aromatic heterocycles. The van der Waals surface area contributed by atoms with Gasteiger partial charge in [0.25, 0.3) is 0 Å². The lowest BCUT2D eigenvalue weighted by molar-refractivity contribution is 0.461. The summed E-state index contributed by atoms with van der Waals surface area (Å²) in [5.41, 5.74) is 2.67. The topological polar surface area (TPSA) is 12.0 Å². The van der Waals surface area contributed by atoms with Gasteiger partial charge in [-0.1, -0.05) is 33.3 Å². The lowest BCUT2D eigenvalue weighted by Gasteiger charge is -2.22. The number of halogens is 1. The fourth-order valence-electron chi connectivity index (χ4n) is 1.96. The highest BCUT2D eigenvalue weighted by molar-refractivity contribution is 14.1. The van der Waals surface area contributed by atoms with Gasteiger partial charge in [-0.15, -0.1) is 0 Å². The van der Waals surface area contributed by atoms with Crippen molar-refractivity contribution >= 4 is 28.3 Å². The molecule has 0 aliphatic heterocycles. The van der Waals surface area contributed by atoms with E-state index in [4.69, 9.17) is 0 Å². The molecule has 0 fully saturated rings. The Labute approximate surface area is 120 Å². The van der Waals surface area contributed by atoms with Gasteiger partial charge in [0.2, 0.25) is 0 Å². The summed E-state index contributed by atoms with van der Waals surface area (Å²) in [6.07, 6.45) is 3.72. The summed E-state index contributed by atoms with van der Waals surface area (Å²) in [6, 6.07) is 7.09. The largest absolute Gasteiger partial charge is 0.382 e. The zero-order valence-electron chi connectivity index (χ0n) is 11.4. The predicted octanol–water partition coefficient (Wildman–Crippen LogP) is 5.23. The molecule has 0 radical (unpaired) electrons. The van der Waals surface area contributed by atoms with Crippen LogP contribution in [0.15, 0.2) is 18.2 Å². The van der Waals surface area contributed by atoms with E-state index in [-0.39, 0.29) is 0 Å². The highest BCUT2D eigenvalue weighted by atomic mass is 127. The van der Waals surface area contributed by atoms with Gasteiger partial charge < -0.3 is 5.32 Å². The molecule has 0 aliphatic carbocycles. The van der Waals surface area contributed by atoms with Gasteiger partial charge >= 0.3 is 0 Å². The Balaban J connectivity index is 2.70. The normalized spacial score (nSPS) is 14.4. The van der Waals surface area contributed by atoms with Crippen LogP contribution in [-0.4, -0.2) is 6.04 Å². The molecular weight excluding hydrogens is 321 g/mol. The van der Waals surface area contributed by atoms with E-state index >= 15 is 0 Å². The summed E-state index contributed by atoms with van der Waals surface area (Å²) < 4.78 is 1.34. The van der Waals surface area contributed by atoms with Gasteiger partial charge in [0, 0.05) is 15.3 Å². The predicted molar refractivity (Wildman–Crippen MR) is 85.7 cm³/mol. The standard InChI is InChI=1S/C15H24IN/c1-5-11(3)10-13(6-2)17-15-9-7-8-14(16)12(15)4/h7-9,11,13,17H,5-6,10H2,1-4H3. The van der Waals surface area contributed by atoms with Crippen LogP contribution in [-0.2, 0) is 0 Å². The van der Waals surface area contributed by atoms with Crippen molar-refractivity contribution < 1.29 is 0 Å². The molecule has 1 N–H and O–H groups in total. The van der Waals surface area contributed by atoms with E-state index in [0.29, 0.717) is 6.04 Å². The summed E-state index contributed by atoms with van der Waals surface area (Å²) in [6.45, 7) is 9.07. The second-order valence-corrected chi connectivity index (χ2v) is 6.07. The molecule has 0 saturated carbocycles. The third kappa shape index (κ3) is 4.49. The SMILES string of the molecule is CCC(C)CC(CC)Nc1cccc(I)c1C. The van der Waals surface area contributed by atoms with Crippen LogP contribution in [0.4, 0.5) is 5.69 Å². The Hall–Kier alpha value is -0.250. The molecule has 2 heteroatoms. The Morgan fingerprint density at radius 1 is 1.24 bits per heavy atom. The molecule has 1 aromatic carbocycles. The molecule has 2 unspecified atom stereocenters. The molecule has 1 aromatic rings. The third-order valence-electron chi connectivity index (χ3n) is 3.50. The van der Waals surface area contributed by atoms with Gasteiger partial charge in [0.05, 0.1) is 0 Å². The first-order valence-electron chi connectivity index (χ1n) is 6.60. The Morgan fingerprint density at radius 2 is 1.94 bits per heavy atom. The molecular formula is C15H24IN. The average molecular weight is 345 g/mol. The zero-order chi connectivity index (χ0) is 12.8. The summed E-state index contributed by atoms with van der Waals surface area (Å²) in [5.74, 6) is 0.801. The van der Waals surface area contributed by atoms with Gasteiger partial charge in [-0.3, -0.25) is 0 Å². The smallest absolute Gasteiger partial charge is 0.0382 e. The van der Waals surface area contributed by atoms with Crippen LogP contribution in [0.2, 0.25) is 0 Å². The van der Waals surface area contributed by atoms with E-state index < -0.39 is 0 Å². The van der Waals surface area contributed by atoms with E-state index in [1.807, 2.05) is 0 Å². The van der Waals surface area contributed by atoms with E-state index in [1.165, 1.54) is 34.1 Å². The monoisotopic (exact) mass is 345 g/mol. The van der Waals surface area contributed by atoms with Crippen molar-refractivity contribution in [3.8, 4) is 0 Å². The van der Waals surface area contributed by atoms with Crippen LogP contribution < -0.4 is 5.32 Å². The van der Waals surface area contributed by atoms with Crippen molar-refractivity contribution in [1.29, 1.82) is 0 Å². The van der Waals surface area contributed by atoms with Crippen LogP contribution in [0.5, 0.6) is 0 Å². The number of hydrogen-bond donors (Lipinski definition) is 1. The molecule has 0 bridgehead atoms. The highest BCUT2D eigenvalue weighted by Gasteiger charge is 2.11. The number of anilines is 1. The Kier molecular flexibility index (Phi) is 6.31. The molecule has 0 saturated heterocycles. The summed E-state index contributed by atoms with van der Waals surface area (Å²) in [4.78, 5) is 0. The molecule has 1 rings (SSSR count). The van der Waals surface area contributed by atoms with Gasteiger partial charge in [-0.05, 0) is 66.0 Å². The van der Waals surface area contributed by atoms with Crippen LogP contribution in [0.1, 0.15) is 45.6 Å². The van der Waals surface area contributed by atoms with Crippen LogP contribution >= 0.6 is 22.6 Å². The van der Waals surface area contributed by atoms with Crippen molar-refractivity contribution in [2.24, 2.45) is 5.92 Å². The average Bonchev–Trinajstić information content (AvgIpc) is 2.33. The first-order valence-corrected chi connectivity index (χ1v) is 7.67. The van der Waals surface area contributed by atoms with Crippen molar-refractivity contribution in [2.75, 3.05) is 5.32 Å². The minimum atomic E-state index is 0.599. The van der Waals surface area contributed by atoms with E-state index in [1.54, 1.807) is 0 Å². The maximum Gasteiger partial charge on any atom is 0.0382 e. The second kappa shape index (κ2) is 7.24. The van der Waals surface area contributed by atoms with Gasteiger partial charge in [0.1, 0.15) is 0 Å². The molecule has 1 nitrogen and oxygen atoms in total. The van der Waals surface area contributed by atoms with Crippen molar-refractivity contribution in [2.45, 2.75) is 53.0 Å². The number of hydrogen-bond acceptors (Lipinski definition) is 1. The fourth-order valence-corrected chi connectivity index (χ4v) is 2.46. The molecule has 2 atom stereocenters. The van der Waals surface area contributed by atoms with Crippen molar-refractivity contribution in [1.82, 2.24) is 0 Å². The summed E-state index contributed by atoms with van der Waals surface area (Å²) in [7, 11) is 0. The Bertz CT molecular complexity index is 349. The number of benzene rings is 1. The third-order valence-corrected chi connectivity index (χ3v) is 4.67. The van der Waals surface area contributed by atoms with Gasteiger partial charge in [-0.2, -0.15) is 0 Å². The van der Waals surface area contributed by atoms with E-state index in [0.717, 1.165) is 5.92 Å². The summed E-state index contributed by atoms with van der Waals surface area (Å²) >= 11 is 2.40. The fraction of sp³-hybridized carbons (Fsp3) is 0.600. The zero-order valence-corrected chi connectivity index (χ0v) is 13.5. The molecule has 96 valence electrons. The minimum absolute atomic E-state index is 0.599. The number of rotatable bonds is 6. The maximum atomic E-state index is 3.70. The lowest BCUT2D eigenvalue weighted by Crippen LogP contribution is -2.21. The molecule has 17 heavy (non-hydrogen) atoms. The molecule has 0 aliphatic rings. The van der Waals surface area contributed by atoms with Crippen LogP contribution in [0, 0.1) is 16.4 Å². The first kappa shape index (κ1) is 14.8. The van der Waals surface area contributed by atoms with Crippen molar-refractivity contribution in [3.05, 3.63) is 27.3 Å².